The van der Waals surface area contributed by atoms with Crippen molar-refractivity contribution in [3.8, 4) is 0 Å². The third-order valence-corrected chi connectivity index (χ3v) is 10.8. The smallest absolute Gasteiger partial charge is 0.212 e. The van der Waals surface area contributed by atoms with Crippen molar-refractivity contribution >= 4 is 20.0 Å². The molecule has 1 unspecified atom stereocenters. The molecule has 0 aromatic rings. The van der Waals surface area contributed by atoms with Crippen LogP contribution < -0.4 is 0 Å². The van der Waals surface area contributed by atoms with Gasteiger partial charge in [0.25, 0.3) is 0 Å². The minimum atomic E-state index is -3.27. The molecule has 23 heavy (non-hydrogen) atoms. The average Bonchev–Trinajstić information content (AvgIpc) is 2.87. The lowest BCUT2D eigenvalue weighted by atomic mass is 9.69. The van der Waals surface area contributed by atoms with Crippen LogP contribution in [0.1, 0.15) is 39.5 Å². The summed E-state index contributed by atoms with van der Waals surface area (Å²) in [5.41, 5.74) is -0.0634. The van der Waals surface area contributed by atoms with E-state index in [1.54, 1.807) is 4.31 Å². The summed E-state index contributed by atoms with van der Waals surface area (Å²) in [6.45, 7) is 4.77. The van der Waals surface area contributed by atoms with Crippen LogP contribution in [0.15, 0.2) is 0 Å². The molecule has 3 rings (SSSR count). The first-order chi connectivity index (χ1) is 10.4. The van der Waals surface area contributed by atoms with Crippen LogP contribution in [0.5, 0.6) is 0 Å². The highest BCUT2D eigenvalue weighted by atomic mass is 32.2. The Morgan fingerprint density at radius 1 is 1.26 bits per heavy atom. The zero-order valence-electron chi connectivity index (χ0n) is 14.4. The Hall–Kier alpha value is -0.180. The molecule has 1 spiro atoms. The summed E-state index contributed by atoms with van der Waals surface area (Å²) in [6.07, 6.45) is 3.41. The van der Waals surface area contributed by atoms with Gasteiger partial charge in [-0.3, -0.25) is 0 Å². The highest BCUT2D eigenvalue weighted by molar-refractivity contribution is 7.89. The SMILES string of the molecule is CN(C)S(=O)(=O)CCCN1[C@H]2C[C@H]3CCC2(CS1(=O)=O)C3(C)C. The standard InChI is InChI=1S/C15H28N2O4S2/c1-14(2)12-6-7-15(14)11-23(20,21)17(13(15)10-12)8-5-9-22(18,19)16(3)4/h12-13H,5-11H2,1-4H3/t12-,13+,15?/m1/s1. The second-order valence-corrected chi connectivity index (χ2v) is 12.4. The van der Waals surface area contributed by atoms with E-state index < -0.39 is 20.0 Å². The molecule has 0 radical (unpaired) electrons. The molecule has 0 aromatic carbocycles. The summed E-state index contributed by atoms with van der Waals surface area (Å²) in [5.74, 6) is 0.837. The monoisotopic (exact) mass is 364 g/mol. The van der Waals surface area contributed by atoms with E-state index in [9.17, 15) is 16.8 Å². The molecule has 8 heteroatoms. The van der Waals surface area contributed by atoms with Gasteiger partial charge in [0.15, 0.2) is 0 Å². The van der Waals surface area contributed by atoms with Crippen molar-refractivity contribution in [2.24, 2.45) is 16.7 Å². The first-order valence-electron chi connectivity index (χ1n) is 8.34. The van der Waals surface area contributed by atoms with E-state index in [1.165, 1.54) is 18.4 Å². The zero-order valence-corrected chi connectivity index (χ0v) is 16.1. The summed E-state index contributed by atoms with van der Waals surface area (Å²) < 4.78 is 52.0. The Bertz CT molecular complexity index is 699. The van der Waals surface area contributed by atoms with Crippen molar-refractivity contribution in [1.29, 1.82) is 0 Å². The second kappa shape index (κ2) is 5.16. The van der Waals surface area contributed by atoms with E-state index in [0.29, 0.717) is 18.9 Å². The molecule has 3 aliphatic rings. The van der Waals surface area contributed by atoms with Gasteiger partial charge in [0.1, 0.15) is 0 Å². The number of hydrogen-bond donors (Lipinski definition) is 0. The highest BCUT2D eigenvalue weighted by Crippen LogP contribution is 2.69. The molecule has 0 N–H and O–H groups in total. The van der Waals surface area contributed by atoms with Gasteiger partial charge in [-0.25, -0.2) is 21.1 Å². The maximum absolute atomic E-state index is 12.7. The normalized spacial score (nSPS) is 38.3. The van der Waals surface area contributed by atoms with Gasteiger partial charge < -0.3 is 0 Å². The predicted molar refractivity (Wildman–Crippen MR) is 89.9 cm³/mol. The summed E-state index contributed by atoms with van der Waals surface area (Å²) >= 11 is 0. The number of rotatable bonds is 5. The number of hydrogen-bond acceptors (Lipinski definition) is 4. The molecule has 0 aromatic heterocycles. The van der Waals surface area contributed by atoms with E-state index in [0.717, 1.165) is 19.3 Å². The van der Waals surface area contributed by atoms with Gasteiger partial charge in [0.05, 0.1) is 11.5 Å². The number of sulfonamides is 2. The minimum Gasteiger partial charge on any atom is -0.212 e. The minimum absolute atomic E-state index is 0.00143. The molecule has 0 amide bonds. The average molecular weight is 365 g/mol. The van der Waals surface area contributed by atoms with Crippen LogP contribution in [0.25, 0.3) is 0 Å². The summed E-state index contributed by atoms with van der Waals surface area (Å²) in [4.78, 5) is 0. The Morgan fingerprint density at radius 3 is 2.48 bits per heavy atom. The summed E-state index contributed by atoms with van der Waals surface area (Å²) in [7, 11) is -3.53. The fourth-order valence-electron chi connectivity index (χ4n) is 5.26. The van der Waals surface area contributed by atoms with E-state index in [2.05, 4.69) is 13.8 Å². The summed E-state index contributed by atoms with van der Waals surface area (Å²) in [6, 6.07) is 0.0725. The van der Waals surface area contributed by atoms with Crippen molar-refractivity contribution in [1.82, 2.24) is 8.61 Å². The first-order valence-corrected chi connectivity index (χ1v) is 11.6. The number of nitrogens with zero attached hydrogens (tertiary/aromatic N) is 2. The van der Waals surface area contributed by atoms with Gasteiger partial charge in [-0.1, -0.05) is 13.8 Å². The molecule has 1 aliphatic heterocycles. The molecular weight excluding hydrogens is 336 g/mol. The maximum Gasteiger partial charge on any atom is 0.215 e. The summed E-state index contributed by atoms with van der Waals surface area (Å²) in [5, 5.41) is 0. The van der Waals surface area contributed by atoms with Gasteiger partial charge >= 0.3 is 0 Å². The maximum atomic E-state index is 12.7. The van der Waals surface area contributed by atoms with Crippen molar-refractivity contribution < 1.29 is 16.8 Å². The molecule has 6 nitrogen and oxygen atoms in total. The second-order valence-electron chi connectivity index (χ2n) is 8.18. The van der Waals surface area contributed by atoms with Gasteiger partial charge in [-0.05, 0) is 37.0 Å². The molecular formula is C15H28N2O4S2. The van der Waals surface area contributed by atoms with Gasteiger partial charge in [-0.15, -0.1) is 0 Å². The Kier molecular flexibility index (Phi) is 3.96. The van der Waals surface area contributed by atoms with Gasteiger partial charge in [-0.2, -0.15) is 4.31 Å². The Morgan fingerprint density at radius 2 is 1.91 bits per heavy atom. The van der Waals surface area contributed by atoms with E-state index in [4.69, 9.17) is 0 Å². The quantitative estimate of drug-likeness (QED) is 0.732. The van der Waals surface area contributed by atoms with Crippen molar-refractivity contribution in [2.75, 3.05) is 32.1 Å². The third-order valence-electron chi connectivity index (χ3n) is 6.87. The Balaban J connectivity index is 1.77. The van der Waals surface area contributed by atoms with Gasteiger partial charge in [0.2, 0.25) is 20.0 Å². The predicted octanol–water partition coefficient (Wildman–Crippen LogP) is 1.11. The van der Waals surface area contributed by atoms with Crippen molar-refractivity contribution in [3.05, 3.63) is 0 Å². The lowest BCUT2D eigenvalue weighted by molar-refractivity contribution is 0.114. The van der Waals surface area contributed by atoms with Crippen LogP contribution in [-0.2, 0) is 20.0 Å². The lowest BCUT2D eigenvalue weighted by Crippen LogP contribution is -2.42. The van der Waals surface area contributed by atoms with E-state index in [1.807, 2.05) is 0 Å². The molecule has 1 heterocycles. The molecule has 1 saturated heterocycles. The molecule has 3 fully saturated rings. The van der Waals surface area contributed by atoms with Crippen LogP contribution in [0.3, 0.4) is 0 Å². The molecule has 2 aliphatic carbocycles. The molecule has 3 atom stereocenters. The van der Waals surface area contributed by atoms with Crippen LogP contribution in [0.4, 0.5) is 0 Å². The largest absolute Gasteiger partial charge is 0.215 e. The molecule has 2 bridgehead atoms. The molecule has 2 saturated carbocycles. The van der Waals surface area contributed by atoms with Crippen molar-refractivity contribution in [2.45, 2.75) is 45.6 Å². The van der Waals surface area contributed by atoms with Gasteiger partial charge in [0, 0.05) is 32.1 Å². The molecule has 134 valence electrons. The van der Waals surface area contributed by atoms with Crippen molar-refractivity contribution in [3.63, 3.8) is 0 Å². The van der Waals surface area contributed by atoms with E-state index in [-0.39, 0.29) is 28.4 Å². The van der Waals surface area contributed by atoms with Crippen LogP contribution in [-0.4, -0.2) is 63.6 Å². The fourth-order valence-corrected chi connectivity index (χ4v) is 8.72. The first kappa shape index (κ1) is 17.6. The highest BCUT2D eigenvalue weighted by Gasteiger charge is 2.71. The zero-order chi connectivity index (χ0) is 17.3. The lowest BCUT2D eigenvalue weighted by Gasteiger charge is -2.37. The third kappa shape index (κ3) is 2.40. The fraction of sp³-hybridized carbons (Fsp3) is 1.00. The van der Waals surface area contributed by atoms with Crippen LogP contribution in [0, 0.1) is 16.7 Å². The van der Waals surface area contributed by atoms with Crippen LogP contribution in [0.2, 0.25) is 0 Å². The van der Waals surface area contributed by atoms with Crippen LogP contribution >= 0.6 is 0 Å². The topological polar surface area (TPSA) is 74.8 Å². The number of fused-ring (bicyclic) bond motifs is 1. The Labute approximate surface area is 140 Å². The van der Waals surface area contributed by atoms with E-state index >= 15 is 0 Å².